The second-order valence-electron chi connectivity index (χ2n) is 4.06. The molecule has 1 N–H and O–H groups in total. The second-order valence-corrected chi connectivity index (χ2v) is 4.06. The Kier molecular flexibility index (Phi) is 4.80. The minimum Gasteiger partial charge on any atom is -0.469 e. The highest BCUT2D eigenvalue weighted by atomic mass is 19.4. The molecular weight excluding hydrogens is 253 g/mol. The average molecular weight is 268 g/mol. The Morgan fingerprint density at radius 2 is 1.89 bits per heavy atom. The van der Waals surface area contributed by atoms with E-state index in [4.69, 9.17) is 0 Å². The molecular formula is C10H15F3N2O3. The number of esters is 1. The molecule has 1 fully saturated rings. The van der Waals surface area contributed by atoms with Gasteiger partial charge in [0, 0.05) is 13.1 Å². The molecule has 0 aromatic carbocycles. The van der Waals surface area contributed by atoms with E-state index in [1.807, 2.05) is 0 Å². The first-order valence-corrected chi connectivity index (χ1v) is 5.51. The van der Waals surface area contributed by atoms with E-state index >= 15 is 0 Å². The fourth-order valence-electron chi connectivity index (χ4n) is 1.77. The molecule has 0 aromatic rings. The summed E-state index contributed by atoms with van der Waals surface area (Å²) in [6, 6.07) is -0.754. The van der Waals surface area contributed by atoms with Crippen LogP contribution in [0.2, 0.25) is 0 Å². The standard InChI is InChI=1S/C10H15F3N2O3/c1-18-8(16)7-2-4-15(5-3-7)9(17)14-6-10(11,12)13/h7H,2-6H2,1H3,(H,14,17). The molecule has 0 bridgehead atoms. The molecule has 1 rings (SSSR count). The number of amides is 2. The number of carbonyl (C=O) groups excluding carboxylic acids is 2. The van der Waals surface area contributed by atoms with E-state index < -0.39 is 18.8 Å². The smallest absolute Gasteiger partial charge is 0.405 e. The zero-order chi connectivity index (χ0) is 13.8. The van der Waals surface area contributed by atoms with E-state index in [0.717, 1.165) is 0 Å². The molecule has 104 valence electrons. The minimum absolute atomic E-state index is 0.253. The maximum Gasteiger partial charge on any atom is 0.405 e. The van der Waals surface area contributed by atoms with Crippen LogP contribution in [0.5, 0.6) is 0 Å². The van der Waals surface area contributed by atoms with Crippen molar-refractivity contribution in [2.24, 2.45) is 5.92 Å². The molecule has 1 saturated heterocycles. The van der Waals surface area contributed by atoms with Crippen molar-refractivity contribution in [3.8, 4) is 0 Å². The fourth-order valence-corrected chi connectivity index (χ4v) is 1.77. The number of piperidine rings is 1. The van der Waals surface area contributed by atoms with Gasteiger partial charge in [0.1, 0.15) is 6.54 Å². The normalized spacial score (nSPS) is 17.4. The van der Waals surface area contributed by atoms with E-state index in [1.54, 1.807) is 5.32 Å². The lowest BCUT2D eigenvalue weighted by atomic mass is 9.97. The number of rotatable bonds is 2. The van der Waals surface area contributed by atoms with Crippen LogP contribution in [0, 0.1) is 5.92 Å². The summed E-state index contributed by atoms with van der Waals surface area (Å²) >= 11 is 0. The molecule has 0 atom stereocenters. The molecule has 0 saturated carbocycles. The van der Waals surface area contributed by atoms with Crippen molar-refractivity contribution >= 4 is 12.0 Å². The van der Waals surface area contributed by atoms with Crippen molar-refractivity contribution in [1.29, 1.82) is 0 Å². The van der Waals surface area contributed by atoms with Crippen LogP contribution in [0.3, 0.4) is 0 Å². The van der Waals surface area contributed by atoms with Crippen LogP contribution in [0.15, 0.2) is 0 Å². The third kappa shape index (κ3) is 4.42. The van der Waals surface area contributed by atoms with Crippen molar-refractivity contribution in [2.45, 2.75) is 19.0 Å². The van der Waals surface area contributed by atoms with Crippen molar-refractivity contribution in [3.63, 3.8) is 0 Å². The van der Waals surface area contributed by atoms with Crippen LogP contribution in [-0.2, 0) is 9.53 Å². The molecule has 0 spiro atoms. The van der Waals surface area contributed by atoms with Crippen molar-refractivity contribution in [1.82, 2.24) is 10.2 Å². The number of likely N-dealkylation sites (tertiary alicyclic amines) is 1. The summed E-state index contributed by atoms with van der Waals surface area (Å²) in [7, 11) is 1.28. The van der Waals surface area contributed by atoms with Gasteiger partial charge in [-0.15, -0.1) is 0 Å². The second kappa shape index (κ2) is 5.92. The quantitative estimate of drug-likeness (QED) is 0.764. The highest BCUT2D eigenvalue weighted by Gasteiger charge is 2.31. The third-order valence-corrected chi connectivity index (χ3v) is 2.76. The van der Waals surface area contributed by atoms with Gasteiger partial charge in [0.25, 0.3) is 0 Å². The number of nitrogens with zero attached hydrogens (tertiary/aromatic N) is 1. The third-order valence-electron chi connectivity index (χ3n) is 2.76. The first-order valence-electron chi connectivity index (χ1n) is 5.51. The molecule has 5 nitrogen and oxygen atoms in total. The van der Waals surface area contributed by atoms with Crippen molar-refractivity contribution in [2.75, 3.05) is 26.7 Å². The highest BCUT2D eigenvalue weighted by Crippen LogP contribution is 2.19. The summed E-state index contributed by atoms with van der Waals surface area (Å²) in [5.41, 5.74) is 0. The van der Waals surface area contributed by atoms with E-state index in [9.17, 15) is 22.8 Å². The maximum atomic E-state index is 11.9. The molecule has 1 aliphatic rings. The summed E-state index contributed by atoms with van der Waals surface area (Å²) in [6.45, 7) is -0.838. The Hall–Kier alpha value is -1.47. The van der Waals surface area contributed by atoms with Gasteiger partial charge in [0.2, 0.25) is 0 Å². The highest BCUT2D eigenvalue weighted by molar-refractivity contribution is 5.76. The molecule has 8 heteroatoms. The van der Waals surface area contributed by atoms with Crippen LogP contribution in [0.1, 0.15) is 12.8 Å². The van der Waals surface area contributed by atoms with E-state index in [2.05, 4.69) is 4.74 Å². The van der Waals surface area contributed by atoms with Crippen LogP contribution >= 0.6 is 0 Å². The lowest BCUT2D eigenvalue weighted by Gasteiger charge is -2.30. The van der Waals surface area contributed by atoms with E-state index in [0.29, 0.717) is 12.8 Å². The predicted octanol–water partition coefficient (Wildman–Crippen LogP) is 1.14. The van der Waals surface area contributed by atoms with Gasteiger partial charge >= 0.3 is 18.2 Å². The van der Waals surface area contributed by atoms with Gasteiger partial charge < -0.3 is 15.0 Å². The number of alkyl halides is 3. The van der Waals surface area contributed by atoms with Crippen LogP contribution < -0.4 is 5.32 Å². The van der Waals surface area contributed by atoms with E-state index in [1.165, 1.54) is 12.0 Å². The number of methoxy groups -OCH3 is 1. The molecule has 1 heterocycles. The Morgan fingerprint density at radius 1 is 1.33 bits per heavy atom. The Labute approximate surface area is 102 Å². The Balaban J connectivity index is 2.34. The Bertz CT molecular complexity index is 312. The van der Waals surface area contributed by atoms with Gasteiger partial charge in [0.05, 0.1) is 13.0 Å². The number of carbonyl (C=O) groups is 2. The zero-order valence-electron chi connectivity index (χ0n) is 9.92. The number of hydrogen-bond acceptors (Lipinski definition) is 3. The predicted molar refractivity (Wildman–Crippen MR) is 55.8 cm³/mol. The summed E-state index contributed by atoms with van der Waals surface area (Å²) < 4.78 is 40.3. The summed E-state index contributed by atoms with van der Waals surface area (Å²) in [5, 5.41) is 1.80. The summed E-state index contributed by atoms with van der Waals surface area (Å²) in [6.07, 6.45) is -3.60. The topological polar surface area (TPSA) is 58.6 Å². The van der Waals surface area contributed by atoms with Gasteiger partial charge in [-0.05, 0) is 12.8 Å². The molecule has 1 aliphatic heterocycles. The molecule has 0 radical (unpaired) electrons. The first-order chi connectivity index (χ1) is 8.33. The van der Waals surface area contributed by atoms with E-state index in [-0.39, 0.29) is 25.0 Å². The number of urea groups is 1. The minimum atomic E-state index is -4.42. The Morgan fingerprint density at radius 3 is 2.33 bits per heavy atom. The van der Waals surface area contributed by atoms with Gasteiger partial charge in [-0.3, -0.25) is 4.79 Å². The van der Waals surface area contributed by atoms with Gasteiger partial charge in [-0.1, -0.05) is 0 Å². The lowest BCUT2D eigenvalue weighted by molar-refractivity contribution is -0.146. The molecule has 0 aromatic heterocycles. The number of halogens is 3. The number of hydrogen-bond donors (Lipinski definition) is 1. The largest absolute Gasteiger partial charge is 0.469 e. The van der Waals surface area contributed by atoms with Crippen molar-refractivity contribution < 1.29 is 27.5 Å². The molecule has 18 heavy (non-hydrogen) atoms. The first kappa shape index (κ1) is 14.6. The fraction of sp³-hybridized carbons (Fsp3) is 0.800. The van der Waals surface area contributed by atoms with Crippen molar-refractivity contribution in [3.05, 3.63) is 0 Å². The molecule has 0 aliphatic carbocycles. The lowest BCUT2D eigenvalue weighted by Crippen LogP contribution is -2.47. The van der Waals surface area contributed by atoms with Gasteiger partial charge in [0.15, 0.2) is 0 Å². The summed E-state index contributed by atoms with van der Waals surface area (Å²) in [5.74, 6) is -0.619. The summed E-state index contributed by atoms with van der Waals surface area (Å²) in [4.78, 5) is 23.9. The molecule has 0 unspecified atom stereocenters. The molecule has 2 amide bonds. The monoisotopic (exact) mass is 268 g/mol. The average Bonchev–Trinajstić information content (AvgIpc) is 2.34. The number of ether oxygens (including phenoxy) is 1. The van der Waals surface area contributed by atoms with Crippen LogP contribution in [0.25, 0.3) is 0 Å². The maximum absolute atomic E-state index is 11.9. The van der Waals surface area contributed by atoms with Gasteiger partial charge in [-0.25, -0.2) is 4.79 Å². The van der Waals surface area contributed by atoms with Crippen LogP contribution in [0.4, 0.5) is 18.0 Å². The zero-order valence-corrected chi connectivity index (χ0v) is 9.92. The SMILES string of the molecule is COC(=O)C1CCN(C(=O)NCC(F)(F)F)CC1. The van der Waals surface area contributed by atoms with Crippen LogP contribution in [-0.4, -0.2) is 49.8 Å². The number of nitrogens with one attached hydrogen (secondary N) is 1. The van der Waals surface area contributed by atoms with Gasteiger partial charge in [-0.2, -0.15) is 13.2 Å².